The van der Waals surface area contributed by atoms with Gasteiger partial charge in [-0.25, -0.2) is 19.4 Å². The Morgan fingerprint density at radius 3 is 1.32 bits per heavy atom. The van der Waals surface area contributed by atoms with Gasteiger partial charge in [-0.05, 0) is 25.7 Å². The number of hydrogen-bond donors (Lipinski definition) is 4. The van der Waals surface area contributed by atoms with E-state index in [0.717, 1.165) is 12.8 Å². The number of rotatable bonds is 18. The highest BCUT2D eigenvalue weighted by Crippen LogP contribution is 2.17. The van der Waals surface area contributed by atoms with E-state index >= 15 is 0 Å². The van der Waals surface area contributed by atoms with E-state index in [4.69, 9.17) is 20.4 Å². The molecule has 25 heavy (non-hydrogen) atoms. The summed E-state index contributed by atoms with van der Waals surface area (Å²) in [7, 11) is 0. The maximum absolute atomic E-state index is 11.2. The second kappa shape index (κ2) is 15.0. The van der Waals surface area contributed by atoms with Crippen LogP contribution < -0.4 is 0 Å². The van der Waals surface area contributed by atoms with Gasteiger partial charge in [0.15, 0.2) is 0 Å². The molecule has 10 nitrogen and oxygen atoms in total. The Labute approximate surface area is 146 Å². The van der Waals surface area contributed by atoms with Gasteiger partial charge in [-0.3, -0.25) is 0 Å². The molecule has 0 rings (SSSR count). The number of carbonyl (C=O) groups is 2. The van der Waals surface area contributed by atoms with Crippen LogP contribution in [0.1, 0.15) is 51.4 Å². The normalized spacial score (nSPS) is 11.6. The van der Waals surface area contributed by atoms with Crippen LogP contribution in [0.3, 0.4) is 0 Å². The summed E-state index contributed by atoms with van der Waals surface area (Å²) >= 11 is 0. The maximum atomic E-state index is 11.2. The monoisotopic (exact) mass is 368 g/mol. The molecule has 0 heterocycles. The van der Waals surface area contributed by atoms with E-state index in [2.05, 4.69) is 19.6 Å². The van der Waals surface area contributed by atoms with Gasteiger partial charge >= 0.3 is 17.7 Å². The summed E-state index contributed by atoms with van der Waals surface area (Å²) in [6.45, 7) is 0.115. The lowest BCUT2D eigenvalue weighted by molar-refractivity contribution is -0.483. The number of aliphatic carboxylic acids is 2. The van der Waals surface area contributed by atoms with Gasteiger partial charge in [-0.2, -0.15) is 9.78 Å². The maximum Gasteiger partial charge on any atom is 0.423 e. The Hall–Kier alpha value is -1.30. The summed E-state index contributed by atoms with van der Waals surface area (Å²) in [6.07, 6.45) is 5.23. The van der Waals surface area contributed by atoms with E-state index in [-0.39, 0.29) is 26.4 Å². The fourth-order valence-corrected chi connectivity index (χ4v) is 1.75. The van der Waals surface area contributed by atoms with Gasteiger partial charge in [-0.1, -0.05) is 25.7 Å². The molecule has 0 aromatic heterocycles. The summed E-state index contributed by atoms with van der Waals surface area (Å²) in [4.78, 5) is 40.7. The highest BCUT2D eigenvalue weighted by molar-refractivity contribution is 5.99. The lowest BCUT2D eigenvalue weighted by atomic mass is 10.2. The molecule has 0 aromatic rings. The van der Waals surface area contributed by atoms with Gasteiger partial charge in [0.1, 0.15) is 0 Å². The second-order valence-electron chi connectivity index (χ2n) is 5.31. The van der Waals surface area contributed by atoms with Gasteiger partial charge < -0.3 is 20.4 Å². The summed E-state index contributed by atoms with van der Waals surface area (Å²) < 4.78 is 0. The van der Waals surface area contributed by atoms with E-state index in [0.29, 0.717) is 38.5 Å². The van der Waals surface area contributed by atoms with Crippen molar-refractivity contribution in [2.75, 3.05) is 26.4 Å². The van der Waals surface area contributed by atoms with Crippen molar-refractivity contribution in [2.45, 2.75) is 57.2 Å². The first-order valence-corrected chi connectivity index (χ1v) is 8.31. The standard InChI is InChI=1S/C15H28O10/c16-9-5-1-3-7-11-22-24-15(13(18)19,14(20)21)25-23-12-8-4-2-6-10-17/h16-17H,1-12H2,(H,18,19)(H,20,21). The van der Waals surface area contributed by atoms with Crippen LogP contribution in [-0.4, -0.2) is 64.6 Å². The molecule has 0 saturated carbocycles. The Morgan fingerprint density at radius 1 is 0.640 bits per heavy atom. The molecule has 0 aliphatic rings. The van der Waals surface area contributed by atoms with E-state index in [1.807, 2.05) is 0 Å². The number of unbranched alkanes of at least 4 members (excludes halogenated alkanes) is 6. The highest BCUT2D eigenvalue weighted by atomic mass is 17.3. The zero-order chi connectivity index (χ0) is 19.0. The highest BCUT2D eigenvalue weighted by Gasteiger charge is 2.54. The number of carboxylic acid groups (broad SMARTS) is 2. The molecule has 0 bridgehead atoms. The molecule has 0 aromatic carbocycles. The molecule has 0 saturated heterocycles. The number of aliphatic hydroxyl groups excluding tert-OH is 2. The zero-order valence-corrected chi connectivity index (χ0v) is 14.2. The largest absolute Gasteiger partial charge is 0.477 e. The van der Waals surface area contributed by atoms with Crippen LogP contribution in [0, 0.1) is 0 Å². The Bertz CT molecular complexity index is 326. The Balaban J connectivity index is 4.22. The summed E-state index contributed by atoms with van der Waals surface area (Å²) in [6, 6.07) is 0. The van der Waals surface area contributed by atoms with Gasteiger partial charge in [0.05, 0.1) is 13.2 Å². The molecule has 0 amide bonds. The molecule has 0 aliphatic heterocycles. The van der Waals surface area contributed by atoms with Crippen LogP contribution in [-0.2, 0) is 29.1 Å². The third kappa shape index (κ3) is 10.3. The van der Waals surface area contributed by atoms with Crippen LogP contribution in [0.5, 0.6) is 0 Å². The molecular formula is C15H28O10. The molecule has 148 valence electrons. The molecule has 10 heteroatoms. The average molecular weight is 368 g/mol. The first-order valence-electron chi connectivity index (χ1n) is 8.31. The van der Waals surface area contributed by atoms with E-state index < -0.39 is 17.7 Å². The molecule has 0 spiro atoms. The third-order valence-electron chi connectivity index (χ3n) is 3.19. The van der Waals surface area contributed by atoms with Crippen molar-refractivity contribution < 1.29 is 49.6 Å². The minimum atomic E-state index is -3.10. The van der Waals surface area contributed by atoms with Crippen LogP contribution >= 0.6 is 0 Å². The summed E-state index contributed by atoms with van der Waals surface area (Å²) in [5, 5.41) is 35.5. The summed E-state index contributed by atoms with van der Waals surface area (Å²) in [5.41, 5.74) is 0. The third-order valence-corrected chi connectivity index (χ3v) is 3.19. The first kappa shape index (κ1) is 23.7. The fraction of sp³-hybridized carbons (Fsp3) is 0.867. The van der Waals surface area contributed by atoms with Gasteiger partial charge in [0.25, 0.3) is 0 Å². The van der Waals surface area contributed by atoms with Gasteiger partial charge in [0, 0.05) is 13.2 Å². The van der Waals surface area contributed by atoms with Crippen molar-refractivity contribution >= 4 is 11.9 Å². The molecule has 0 atom stereocenters. The van der Waals surface area contributed by atoms with Crippen molar-refractivity contribution in [3.63, 3.8) is 0 Å². The molecule has 0 aliphatic carbocycles. The van der Waals surface area contributed by atoms with Crippen molar-refractivity contribution in [1.29, 1.82) is 0 Å². The number of hydrogen-bond acceptors (Lipinski definition) is 8. The average Bonchev–Trinajstić information content (AvgIpc) is 2.57. The van der Waals surface area contributed by atoms with E-state index in [1.165, 1.54) is 0 Å². The van der Waals surface area contributed by atoms with Crippen molar-refractivity contribution in [3.8, 4) is 0 Å². The molecule has 0 fully saturated rings. The second-order valence-corrected chi connectivity index (χ2v) is 5.31. The number of carboxylic acids is 2. The van der Waals surface area contributed by atoms with Crippen molar-refractivity contribution in [1.82, 2.24) is 0 Å². The van der Waals surface area contributed by atoms with Crippen molar-refractivity contribution in [2.24, 2.45) is 0 Å². The molecule has 4 N–H and O–H groups in total. The first-order chi connectivity index (χ1) is 12.0. The molecule has 0 radical (unpaired) electrons. The van der Waals surface area contributed by atoms with Gasteiger partial charge in [0.2, 0.25) is 0 Å². The minimum Gasteiger partial charge on any atom is -0.477 e. The van der Waals surface area contributed by atoms with Crippen LogP contribution in [0.15, 0.2) is 0 Å². The molecular weight excluding hydrogens is 340 g/mol. The number of aliphatic hydroxyl groups is 2. The van der Waals surface area contributed by atoms with E-state index in [9.17, 15) is 9.59 Å². The lowest BCUT2D eigenvalue weighted by Gasteiger charge is -2.22. The topological polar surface area (TPSA) is 152 Å². The van der Waals surface area contributed by atoms with Gasteiger partial charge in [-0.15, -0.1) is 0 Å². The minimum absolute atomic E-state index is 0.0295. The summed E-state index contributed by atoms with van der Waals surface area (Å²) in [5.74, 6) is -6.93. The Morgan fingerprint density at radius 2 is 1.00 bits per heavy atom. The van der Waals surface area contributed by atoms with Crippen LogP contribution in [0.2, 0.25) is 0 Å². The lowest BCUT2D eigenvalue weighted by Crippen LogP contribution is -2.51. The smallest absolute Gasteiger partial charge is 0.423 e. The molecule has 0 unspecified atom stereocenters. The quantitative estimate of drug-likeness (QED) is 0.0900. The SMILES string of the molecule is O=C(O)C(OOCCCCCCO)(OOCCCCCCO)C(=O)O. The van der Waals surface area contributed by atoms with E-state index in [1.54, 1.807) is 0 Å². The van der Waals surface area contributed by atoms with Crippen LogP contribution in [0.25, 0.3) is 0 Å². The predicted octanol–water partition coefficient (Wildman–Crippen LogP) is 0.854. The zero-order valence-electron chi connectivity index (χ0n) is 14.2. The Kier molecular flexibility index (Phi) is 14.2. The van der Waals surface area contributed by atoms with Crippen molar-refractivity contribution in [3.05, 3.63) is 0 Å². The van der Waals surface area contributed by atoms with Crippen LogP contribution in [0.4, 0.5) is 0 Å². The fourth-order valence-electron chi connectivity index (χ4n) is 1.75. The predicted molar refractivity (Wildman–Crippen MR) is 83.2 cm³/mol.